The molecule has 0 amide bonds. The van der Waals surface area contributed by atoms with Crippen molar-refractivity contribution in [1.82, 2.24) is 0 Å². The van der Waals surface area contributed by atoms with E-state index in [1.807, 2.05) is 12.1 Å². The smallest absolute Gasteiger partial charge is 0.131 e. The van der Waals surface area contributed by atoms with Crippen LogP contribution >= 0.6 is 0 Å². The molecule has 3 heteroatoms. The summed E-state index contributed by atoms with van der Waals surface area (Å²) < 4.78 is 12.5. The van der Waals surface area contributed by atoms with E-state index in [1.165, 1.54) is 46.4 Å². The maximum atomic E-state index is 6.78. The van der Waals surface area contributed by atoms with Crippen molar-refractivity contribution in [2.45, 2.75) is 58.6 Å². The van der Waals surface area contributed by atoms with Crippen LogP contribution in [0.4, 0.5) is 5.69 Å². The molecule has 0 saturated heterocycles. The number of anilines is 1. The summed E-state index contributed by atoms with van der Waals surface area (Å²) in [5, 5.41) is 3.72. The molecule has 3 nitrogen and oxygen atoms in total. The van der Waals surface area contributed by atoms with Gasteiger partial charge in [0.25, 0.3) is 0 Å². The molecule has 0 radical (unpaired) electrons. The lowest BCUT2D eigenvalue weighted by atomic mass is 9.76. The molecule has 2 aromatic carbocycles. The molecule has 0 fully saturated rings. The lowest BCUT2D eigenvalue weighted by Crippen LogP contribution is -2.33. The van der Waals surface area contributed by atoms with Crippen LogP contribution in [-0.2, 0) is 0 Å². The Balaban J connectivity index is 1.78. The minimum absolute atomic E-state index is 0.0103. The third-order valence-electron chi connectivity index (χ3n) is 6.69. The van der Waals surface area contributed by atoms with Gasteiger partial charge in [-0.3, -0.25) is 0 Å². The first kappa shape index (κ1) is 19.3. The Kier molecular flexibility index (Phi) is 4.46. The molecule has 2 unspecified atom stereocenters. The van der Waals surface area contributed by atoms with Gasteiger partial charge < -0.3 is 14.8 Å². The molecule has 0 spiro atoms. The zero-order chi connectivity index (χ0) is 21.0. The average Bonchev–Trinajstić information content (AvgIpc) is 2.71. The van der Waals surface area contributed by atoms with Crippen LogP contribution in [0.25, 0.3) is 16.7 Å². The van der Waals surface area contributed by atoms with Crippen LogP contribution in [0.5, 0.6) is 11.5 Å². The molecule has 5 rings (SSSR count). The number of nitrogens with one attached hydrogen (secondary N) is 1. The minimum atomic E-state index is -0.0622. The van der Waals surface area contributed by atoms with Gasteiger partial charge in [-0.2, -0.15) is 0 Å². The van der Waals surface area contributed by atoms with Gasteiger partial charge in [0.15, 0.2) is 0 Å². The second-order valence-electron chi connectivity index (χ2n) is 9.56. The summed E-state index contributed by atoms with van der Waals surface area (Å²) in [6.07, 6.45) is 8.38. The third-order valence-corrected chi connectivity index (χ3v) is 6.69. The lowest BCUT2D eigenvalue weighted by Gasteiger charge is -2.40. The number of fused-ring (bicyclic) bond motifs is 5. The Labute approximate surface area is 179 Å². The summed E-state index contributed by atoms with van der Waals surface area (Å²) in [5.41, 5.74) is 8.84. The van der Waals surface area contributed by atoms with Crippen LogP contribution < -0.4 is 14.8 Å². The molecule has 2 heterocycles. The molecule has 156 valence electrons. The lowest BCUT2D eigenvalue weighted by molar-refractivity contribution is 0.145. The number of methoxy groups -OCH3 is 1. The molecule has 3 aliphatic rings. The van der Waals surface area contributed by atoms with Gasteiger partial charge in [-0.15, -0.1) is 0 Å². The number of rotatable bonds is 2. The monoisotopic (exact) mass is 401 g/mol. The highest BCUT2D eigenvalue weighted by molar-refractivity contribution is 5.91. The molecule has 0 bridgehead atoms. The Morgan fingerprint density at radius 3 is 2.70 bits per heavy atom. The van der Waals surface area contributed by atoms with Gasteiger partial charge in [0.2, 0.25) is 0 Å². The van der Waals surface area contributed by atoms with Crippen molar-refractivity contribution in [3.8, 4) is 22.6 Å². The van der Waals surface area contributed by atoms with Gasteiger partial charge in [0.05, 0.1) is 18.2 Å². The van der Waals surface area contributed by atoms with Crippen LogP contribution in [0.2, 0.25) is 0 Å². The first-order valence-corrected chi connectivity index (χ1v) is 11.0. The topological polar surface area (TPSA) is 30.5 Å². The van der Waals surface area contributed by atoms with Crippen molar-refractivity contribution >= 4 is 11.3 Å². The highest BCUT2D eigenvalue weighted by Crippen LogP contribution is 2.54. The van der Waals surface area contributed by atoms with E-state index in [9.17, 15) is 0 Å². The second kappa shape index (κ2) is 6.94. The zero-order valence-electron chi connectivity index (χ0n) is 18.6. The fraction of sp³-hybridized carbons (Fsp3) is 0.407. The van der Waals surface area contributed by atoms with Crippen molar-refractivity contribution in [2.24, 2.45) is 5.92 Å². The summed E-state index contributed by atoms with van der Waals surface area (Å²) >= 11 is 0. The van der Waals surface area contributed by atoms with Crippen LogP contribution in [0, 0.1) is 5.92 Å². The van der Waals surface area contributed by atoms with Crippen LogP contribution in [-0.4, -0.2) is 12.6 Å². The normalized spacial score (nSPS) is 23.6. The summed E-state index contributed by atoms with van der Waals surface area (Å²) in [4.78, 5) is 0. The highest BCUT2D eigenvalue weighted by Gasteiger charge is 2.38. The maximum Gasteiger partial charge on any atom is 0.131 e. The summed E-state index contributed by atoms with van der Waals surface area (Å²) in [7, 11) is 1.74. The summed E-state index contributed by atoms with van der Waals surface area (Å²) in [5.74, 6) is 2.17. The molecule has 2 atom stereocenters. The average molecular weight is 402 g/mol. The van der Waals surface area contributed by atoms with Crippen molar-refractivity contribution < 1.29 is 9.47 Å². The number of allylic oxidation sites excluding steroid dienone is 2. The van der Waals surface area contributed by atoms with Gasteiger partial charge >= 0.3 is 0 Å². The fourth-order valence-electron chi connectivity index (χ4n) is 5.59. The predicted molar refractivity (Wildman–Crippen MR) is 124 cm³/mol. The fourth-order valence-corrected chi connectivity index (χ4v) is 5.59. The van der Waals surface area contributed by atoms with Crippen LogP contribution in [0.3, 0.4) is 0 Å². The first-order valence-electron chi connectivity index (χ1n) is 11.0. The van der Waals surface area contributed by atoms with Gasteiger partial charge in [0.1, 0.15) is 17.6 Å². The minimum Gasteiger partial charge on any atom is -0.496 e. The Morgan fingerprint density at radius 1 is 1.10 bits per heavy atom. The number of ether oxygens (including phenoxy) is 2. The van der Waals surface area contributed by atoms with Crippen LogP contribution in [0.1, 0.15) is 64.2 Å². The van der Waals surface area contributed by atoms with E-state index >= 15 is 0 Å². The van der Waals surface area contributed by atoms with Gasteiger partial charge in [-0.25, -0.2) is 0 Å². The van der Waals surface area contributed by atoms with Crippen LogP contribution in [0.15, 0.2) is 48.1 Å². The van der Waals surface area contributed by atoms with Gasteiger partial charge in [-0.05, 0) is 76.3 Å². The maximum absolute atomic E-state index is 6.78. The van der Waals surface area contributed by atoms with Crippen molar-refractivity contribution in [3.63, 3.8) is 0 Å². The Hall–Kier alpha value is -2.68. The number of benzene rings is 2. The van der Waals surface area contributed by atoms with Crippen molar-refractivity contribution in [3.05, 3.63) is 59.2 Å². The molecule has 1 N–H and O–H groups in total. The van der Waals surface area contributed by atoms with Gasteiger partial charge in [-0.1, -0.05) is 29.9 Å². The Bertz CT molecular complexity index is 1080. The number of hydrogen-bond donors (Lipinski definition) is 1. The van der Waals surface area contributed by atoms with E-state index < -0.39 is 0 Å². The number of hydrogen-bond acceptors (Lipinski definition) is 3. The van der Waals surface area contributed by atoms with E-state index in [4.69, 9.17) is 9.47 Å². The second-order valence-corrected chi connectivity index (χ2v) is 9.56. The molecule has 0 aromatic heterocycles. The molecule has 1 aliphatic carbocycles. The van der Waals surface area contributed by atoms with E-state index in [0.717, 1.165) is 23.5 Å². The molecule has 30 heavy (non-hydrogen) atoms. The van der Waals surface area contributed by atoms with E-state index in [-0.39, 0.29) is 11.6 Å². The zero-order valence-corrected chi connectivity index (χ0v) is 18.6. The predicted octanol–water partition coefficient (Wildman–Crippen LogP) is 7.15. The standard InChI is InChI=1S/C27H31NO2/c1-16-8-6-9-18(14-16)26-25-19(24-21(29-5)10-7-11-22(24)30-26)12-13-20-23(25)17(2)15-27(3,4)28-20/h7,10-15,18,26,28H,6,8-9H2,1-5H3. The molecular formula is C27H31NO2. The molecule has 0 saturated carbocycles. The third kappa shape index (κ3) is 3.03. The van der Waals surface area contributed by atoms with Gasteiger partial charge in [0, 0.05) is 22.7 Å². The van der Waals surface area contributed by atoms with Crippen molar-refractivity contribution in [1.29, 1.82) is 0 Å². The van der Waals surface area contributed by atoms with E-state index in [0.29, 0.717) is 5.92 Å². The van der Waals surface area contributed by atoms with Crippen molar-refractivity contribution in [2.75, 3.05) is 12.4 Å². The molecule has 2 aliphatic heterocycles. The van der Waals surface area contributed by atoms with E-state index in [2.05, 4.69) is 63.4 Å². The SMILES string of the molecule is COc1cccc2c1-c1ccc3c(c1C(C1C=C(C)CCC1)O2)C(C)=CC(C)(C)N3. The molecular weight excluding hydrogens is 370 g/mol. The Morgan fingerprint density at radius 2 is 1.93 bits per heavy atom. The molecule has 2 aromatic rings. The highest BCUT2D eigenvalue weighted by atomic mass is 16.5. The summed E-state index contributed by atoms with van der Waals surface area (Å²) in [6, 6.07) is 10.6. The largest absolute Gasteiger partial charge is 0.496 e. The van der Waals surface area contributed by atoms with E-state index in [1.54, 1.807) is 7.11 Å². The first-order chi connectivity index (χ1) is 14.4. The summed E-state index contributed by atoms with van der Waals surface area (Å²) in [6.45, 7) is 8.93. The quantitative estimate of drug-likeness (QED) is 0.542.